The largest absolute Gasteiger partial charge is 0.465 e. The predicted octanol–water partition coefficient (Wildman–Crippen LogP) is 4.44. The molecule has 0 saturated carbocycles. The number of hydrogen-bond donors (Lipinski definition) is 0. The molecule has 0 spiro atoms. The van der Waals surface area contributed by atoms with Crippen LogP contribution in [0, 0.1) is 0 Å². The molecule has 3 rings (SSSR count). The van der Waals surface area contributed by atoms with Crippen molar-refractivity contribution in [2.45, 2.75) is 6.18 Å². The Bertz CT molecular complexity index is 864. The molecule has 3 aromatic rings. The predicted molar refractivity (Wildman–Crippen MR) is 79.6 cm³/mol. The Hall–Kier alpha value is -2.76. The first kappa shape index (κ1) is 15.1. The summed E-state index contributed by atoms with van der Waals surface area (Å²) in [5, 5.41) is 0.799. The maximum Gasteiger partial charge on any atom is 0.416 e. The second kappa shape index (κ2) is 5.46. The number of benzene rings is 2. The van der Waals surface area contributed by atoms with E-state index in [-0.39, 0.29) is 0 Å². The number of alkyl halides is 3. The van der Waals surface area contributed by atoms with Crippen molar-refractivity contribution in [1.82, 2.24) is 4.57 Å². The summed E-state index contributed by atoms with van der Waals surface area (Å²) in [6.45, 7) is 0. The summed E-state index contributed by atoms with van der Waals surface area (Å²) in [5.41, 5.74) is 1.13. The molecule has 1 heterocycles. The van der Waals surface area contributed by atoms with Gasteiger partial charge in [-0.2, -0.15) is 13.2 Å². The fourth-order valence-corrected chi connectivity index (χ4v) is 2.42. The number of rotatable bonds is 2. The van der Waals surface area contributed by atoms with Crippen LogP contribution in [-0.2, 0) is 10.9 Å². The van der Waals surface area contributed by atoms with Gasteiger partial charge in [0.15, 0.2) is 0 Å². The molecule has 0 aliphatic carbocycles. The average Bonchev–Trinajstić information content (AvgIpc) is 2.96. The molecule has 118 valence electrons. The monoisotopic (exact) mass is 319 g/mol. The standard InChI is InChI=1S/C17H12F3NO2/c1-23-16(22)12-2-7-15-11(10-12)8-9-21(15)14-5-3-13(4-6-14)17(18,19)20/h2-10H,1H3. The molecule has 0 bridgehead atoms. The fraction of sp³-hybridized carbons (Fsp3) is 0.118. The van der Waals surface area contributed by atoms with Gasteiger partial charge in [0.05, 0.1) is 23.8 Å². The molecule has 0 saturated heterocycles. The van der Waals surface area contributed by atoms with Gasteiger partial charge in [-0.3, -0.25) is 0 Å². The van der Waals surface area contributed by atoms with Crippen LogP contribution in [0.2, 0.25) is 0 Å². The molecule has 1 aromatic heterocycles. The van der Waals surface area contributed by atoms with E-state index >= 15 is 0 Å². The summed E-state index contributed by atoms with van der Waals surface area (Å²) in [5.74, 6) is -0.436. The van der Waals surface area contributed by atoms with Gasteiger partial charge in [0.25, 0.3) is 0 Å². The number of hydrogen-bond acceptors (Lipinski definition) is 2. The Balaban J connectivity index is 2.02. The molecule has 0 aliphatic rings. The number of nitrogens with zero attached hydrogens (tertiary/aromatic N) is 1. The third-order valence-electron chi connectivity index (χ3n) is 3.58. The van der Waals surface area contributed by atoms with Gasteiger partial charge >= 0.3 is 12.1 Å². The van der Waals surface area contributed by atoms with E-state index in [1.807, 2.05) is 0 Å². The highest BCUT2D eigenvalue weighted by Crippen LogP contribution is 2.30. The lowest BCUT2D eigenvalue weighted by Crippen LogP contribution is -2.04. The molecule has 0 radical (unpaired) electrons. The van der Waals surface area contributed by atoms with Crippen LogP contribution >= 0.6 is 0 Å². The molecule has 0 fully saturated rings. The zero-order valence-electron chi connectivity index (χ0n) is 12.1. The molecule has 3 nitrogen and oxygen atoms in total. The minimum atomic E-state index is -4.35. The molecule has 6 heteroatoms. The fourth-order valence-electron chi connectivity index (χ4n) is 2.42. The Morgan fingerprint density at radius 1 is 1.04 bits per heavy atom. The summed E-state index contributed by atoms with van der Waals surface area (Å²) in [7, 11) is 1.31. The van der Waals surface area contributed by atoms with E-state index in [2.05, 4.69) is 4.74 Å². The van der Waals surface area contributed by atoms with Crippen molar-refractivity contribution in [2.75, 3.05) is 7.11 Å². The lowest BCUT2D eigenvalue weighted by molar-refractivity contribution is -0.137. The van der Waals surface area contributed by atoms with Crippen LogP contribution in [-0.4, -0.2) is 17.6 Å². The number of methoxy groups -OCH3 is 1. The van der Waals surface area contributed by atoms with Gasteiger partial charge in [-0.25, -0.2) is 4.79 Å². The summed E-state index contributed by atoms with van der Waals surface area (Å²) in [6, 6.07) is 11.7. The van der Waals surface area contributed by atoms with E-state index in [1.54, 1.807) is 35.0 Å². The molecular formula is C17H12F3NO2. The van der Waals surface area contributed by atoms with Gasteiger partial charge in [0.1, 0.15) is 0 Å². The smallest absolute Gasteiger partial charge is 0.416 e. The van der Waals surface area contributed by atoms with Crippen molar-refractivity contribution in [3.63, 3.8) is 0 Å². The normalized spacial score (nSPS) is 11.7. The number of carbonyl (C=O) groups is 1. The van der Waals surface area contributed by atoms with Crippen LogP contribution in [0.4, 0.5) is 13.2 Å². The maximum absolute atomic E-state index is 12.6. The Kier molecular flexibility index (Phi) is 3.60. The lowest BCUT2D eigenvalue weighted by atomic mass is 10.1. The number of esters is 1. The molecule has 0 aliphatic heterocycles. The van der Waals surface area contributed by atoms with Crippen LogP contribution in [0.1, 0.15) is 15.9 Å². The summed E-state index contributed by atoms with van der Waals surface area (Å²) in [4.78, 5) is 11.5. The summed E-state index contributed by atoms with van der Waals surface area (Å²) >= 11 is 0. The van der Waals surface area contributed by atoms with Crippen LogP contribution in [0.15, 0.2) is 54.7 Å². The highest BCUT2D eigenvalue weighted by molar-refractivity contribution is 5.95. The van der Waals surface area contributed by atoms with E-state index < -0.39 is 17.7 Å². The van der Waals surface area contributed by atoms with Crippen molar-refractivity contribution < 1.29 is 22.7 Å². The van der Waals surface area contributed by atoms with Gasteiger partial charge in [-0.1, -0.05) is 0 Å². The molecule has 0 unspecified atom stereocenters. The van der Waals surface area contributed by atoms with Crippen LogP contribution in [0.3, 0.4) is 0 Å². The van der Waals surface area contributed by atoms with Crippen molar-refractivity contribution in [2.24, 2.45) is 0 Å². The SMILES string of the molecule is COC(=O)c1ccc2c(ccn2-c2ccc(C(F)(F)F)cc2)c1. The van der Waals surface area contributed by atoms with Gasteiger partial charge in [-0.15, -0.1) is 0 Å². The first-order chi connectivity index (χ1) is 10.9. The zero-order valence-corrected chi connectivity index (χ0v) is 12.1. The zero-order chi connectivity index (χ0) is 16.6. The summed E-state index contributed by atoms with van der Waals surface area (Å²) < 4.78 is 44.3. The van der Waals surface area contributed by atoms with Crippen molar-refractivity contribution in [1.29, 1.82) is 0 Å². The number of ether oxygens (including phenoxy) is 1. The van der Waals surface area contributed by atoms with Crippen molar-refractivity contribution >= 4 is 16.9 Å². The number of fused-ring (bicyclic) bond motifs is 1. The van der Waals surface area contributed by atoms with Crippen molar-refractivity contribution in [3.05, 3.63) is 65.9 Å². The van der Waals surface area contributed by atoms with E-state index in [0.717, 1.165) is 23.0 Å². The molecule has 0 N–H and O–H groups in total. The minimum Gasteiger partial charge on any atom is -0.465 e. The number of aromatic nitrogens is 1. The molecule has 0 atom stereocenters. The molecule has 23 heavy (non-hydrogen) atoms. The van der Waals surface area contributed by atoms with E-state index in [1.165, 1.54) is 19.2 Å². The van der Waals surface area contributed by atoms with Crippen molar-refractivity contribution in [3.8, 4) is 5.69 Å². The van der Waals surface area contributed by atoms with E-state index in [9.17, 15) is 18.0 Å². The number of carbonyl (C=O) groups excluding carboxylic acids is 1. The topological polar surface area (TPSA) is 31.2 Å². The number of halogens is 3. The lowest BCUT2D eigenvalue weighted by Gasteiger charge is -2.09. The Labute approximate surface area is 129 Å². The van der Waals surface area contributed by atoms with Crippen LogP contribution < -0.4 is 0 Å². The van der Waals surface area contributed by atoms with Gasteiger partial charge in [0, 0.05) is 17.3 Å². The highest BCUT2D eigenvalue weighted by Gasteiger charge is 2.30. The van der Waals surface area contributed by atoms with Gasteiger partial charge < -0.3 is 9.30 Å². The Morgan fingerprint density at radius 3 is 2.35 bits per heavy atom. The second-order valence-corrected chi connectivity index (χ2v) is 5.00. The molecular weight excluding hydrogens is 307 g/mol. The molecule has 0 amide bonds. The quantitative estimate of drug-likeness (QED) is 0.654. The second-order valence-electron chi connectivity index (χ2n) is 5.00. The minimum absolute atomic E-state index is 0.421. The van der Waals surface area contributed by atoms with Gasteiger partial charge in [0.2, 0.25) is 0 Å². The third kappa shape index (κ3) is 2.79. The van der Waals surface area contributed by atoms with Crippen LogP contribution in [0.25, 0.3) is 16.6 Å². The molecule has 2 aromatic carbocycles. The van der Waals surface area contributed by atoms with Crippen LogP contribution in [0.5, 0.6) is 0 Å². The summed E-state index contributed by atoms with van der Waals surface area (Å²) in [6.07, 6.45) is -2.61. The van der Waals surface area contributed by atoms with Gasteiger partial charge in [-0.05, 0) is 48.5 Å². The first-order valence-corrected chi connectivity index (χ1v) is 6.77. The van der Waals surface area contributed by atoms with E-state index in [0.29, 0.717) is 11.3 Å². The highest BCUT2D eigenvalue weighted by atomic mass is 19.4. The maximum atomic E-state index is 12.6. The third-order valence-corrected chi connectivity index (χ3v) is 3.58. The Morgan fingerprint density at radius 2 is 1.74 bits per heavy atom. The average molecular weight is 319 g/mol. The first-order valence-electron chi connectivity index (χ1n) is 6.77. The van der Waals surface area contributed by atoms with E-state index in [4.69, 9.17) is 0 Å².